The van der Waals surface area contributed by atoms with Gasteiger partial charge in [-0.2, -0.15) is 5.10 Å². The van der Waals surface area contributed by atoms with Crippen LogP contribution in [0.5, 0.6) is 0 Å². The van der Waals surface area contributed by atoms with Crippen molar-refractivity contribution in [2.45, 2.75) is 40.0 Å². The van der Waals surface area contributed by atoms with E-state index in [0.29, 0.717) is 5.92 Å². The number of pyridine rings is 1. The quantitative estimate of drug-likeness (QED) is 0.196. The molecule has 2 heterocycles. The Hall–Kier alpha value is -4.16. The minimum Gasteiger partial charge on any atom is -0.266 e. The zero-order valence-electron chi connectivity index (χ0n) is 21.8. The number of benzene rings is 3. The van der Waals surface area contributed by atoms with Crippen molar-refractivity contribution in [1.82, 2.24) is 14.8 Å². The molecule has 0 saturated carbocycles. The lowest BCUT2D eigenvalue weighted by atomic mass is 9.98. The fourth-order valence-electron chi connectivity index (χ4n) is 4.46. The molecular formula is C33H33N3. The third kappa shape index (κ3) is 5.09. The van der Waals surface area contributed by atoms with Crippen LogP contribution in [0.15, 0.2) is 85.6 Å². The van der Waals surface area contributed by atoms with Crippen molar-refractivity contribution in [3.8, 4) is 23.1 Å². The molecule has 0 aliphatic heterocycles. The van der Waals surface area contributed by atoms with Gasteiger partial charge in [0.05, 0.1) is 17.2 Å². The molecule has 3 nitrogen and oxygen atoms in total. The number of nitrogens with zero attached hydrogens (tertiary/aromatic N) is 3. The second-order valence-electron chi connectivity index (χ2n) is 9.03. The number of hydrogen-bond donors (Lipinski definition) is 0. The zero-order chi connectivity index (χ0) is 25.7. The lowest BCUT2D eigenvalue weighted by molar-refractivity contribution is 0.799. The molecule has 1 atom stereocenters. The molecule has 3 heteroatoms. The fraction of sp³-hybridized carbons (Fsp3) is 0.212. The molecule has 0 N–H and O–H groups in total. The van der Waals surface area contributed by atoms with E-state index < -0.39 is 0 Å². The monoisotopic (exact) mass is 471 g/mol. The van der Waals surface area contributed by atoms with E-state index in [2.05, 4.69) is 105 Å². The van der Waals surface area contributed by atoms with Crippen molar-refractivity contribution in [2.24, 2.45) is 7.05 Å². The molecule has 0 spiro atoms. The average Bonchev–Trinajstić information content (AvgIpc) is 3.26. The number of rotatable bonds is 4. The van der Waals surface area contributed by atoms with Crippen molar-refractivity contribution in [1.29, 1.82) is 0 Å². The van der Waals surface area contributed by atoms with E-state index in [1.165, 1.54) is 16.7 Å². The van der Waals surface area contributed by atoms with Crippen molar-refractivity contribution in [3.63, 3.8) is 0 Å². The van der Waals surface area contributed by atoms with Crippen LogP contribution in [0.25, 0.3) is 33.1 Å². The van der Waals surface area contributed by atoms with Gasteiger partial charge in [-0.3, -0.25) is 9.67 Å². The van der Waals surface area contributed by atoms with E-state index in [4.69, 9.17) is 5.10 Å². The Kier molecular flexibility index (Phi) is 7.66. The second-order valence-corrected chi connectivity index (χ2v) is 9.03. The van der Waals surface area contributed by atoms with E-state index in [-0.39, 0.29) is 0 Å². The Labute approximate surface area is 214 Å². The minimum atomic E-state index is 0.473. The molecule has 0 fully saturated rings. The Morgan fingerprint density at radius 3 is 2.42 bits per heavy atom. The first-order chi connectivity index (χ1) is 17.5. The third-order valence-electron chi connectivity index (χ3n) is 6.63. The molecule has 0 aliphatic carbocycles. The van der Waals surface area contributed by atoms with Crippen LogP contribution >= 0.6 is 0 Å². The Morgan fingerprint density at radius 1 is 1.06 bits per heavy atom. The summed E-state index contributed by atoms with van der Waals surface area (Å²) in [4.78, 5) is 4.69. The highest BCUT2D eigenvalue weighted by atomic mass is 15.3. The summed E-state index contributed by atoms with van der Waals surface area (Å²) in [5, 5.41) is 7.13. The first kappa shape index (κ1) is 24.9. The number of fused-ring (bicyclic) bond motifs is 3. The molecule has 180 valence electrons. The summed E-state index contributed by atoms with van der Waals surface area (Å²) in [5.74, 6) is 6.51. The summed E-state index contributed by atoms with van der Waals surface area (Å²) in [6, 6.07) is 23.1. The molecule has 5 aromatic rings. The van der Waals surface area contributed by atoms with Crippen molar-refractivity contribution in [3.05, 3.63) is 108 Å². The van der Waals surface area contributed by atoms with E-state index in [1.807, 2.05) is 37.0 Å². The van der Waals surface area contributed by atoms with E-state index in [9.17, 15) is 0 Å². The summed E-state index contributed by atoms with van der Waals surface area (Å²) in [7, 11) is 1.98. The van der Waals surface area contributed by atoms with Crippen LogP contribution in [-0.2, 0) is 13.5 Å². The maximum Gasteiger partial charge on any atom is 0.101 e. The summed E-state index contributed by atoms with van der Waals surface area (Å²) in [6.07, 6.45) is 4.90. The van der Waals surface area contributed by atoms with Gasteiger partial charge in [-0.05, 0) is 67.1 Å². The maximum atomic E-state index is 4.80. The van der Waals surface area contributed by atoms with Crippen molar-refractivity contribution < 1.29 is 0 Å². The van der Waals surface area contributed by atoms with Gasteiger partial charge in [-0.1, -0.05) is 68.3 Å². The first-order valence-electron chi connectivity index (χ1n) is 12.4. The summed E-state index contributed by atoms with van der Waals surface area (Å²) < 4.78 is 1.92. The largest absolute Gasteiger partial charge is 0.266 e. The molecule has 0 radical (unpaired) electrons. The molecule has 36 heavy (non-hydrogen) atoms. The minimum absolute atomic E-state index is 0.473. The van der Waals surface area contributed by atoms with Crippen LogP contribution in [0.1, 0.15) is 48.9 Å². The lowest BCUT2D eigenvalue weighted by Gasteiger charge is -2.07. The second kappa shape index (κ2) is 11.1. The molecule has 5 rings (SSSR count). The van der Waals surface area contributed by atoms with Crippen LogP contribution < -0.4 is 0 Å². The topological polar surface area (TPSA) is 30.7 Å². The van der Waals surface area contributed by atoms with E-state index in [1.54, 1.807) is 0 Å². The molecule has 0 amide bonds. The van der Waals surface area contributed by atoms with Gasteiger partial charge in [0, 0.05) is 28.9 Å². The zero-order valence-corrected chi connectivity index (χ0v) is 21.8. The maximum absolute atomic E-state index is 4.80. The fourth-order valence-corrected chi connectivity index (χ4v) is 4.46. The highest BCUT2D eigenvalue weighted by Gasteiger charge is 2.15. The summed E-state index contributed by atoms with van der Waals surface area (Å²) in [5.41, 5.74) is 9.17. The van der Waals surface area contributed by atoms with Crippen LogP contribution in [0.3, 0.4) is 0 Å². The third-order valence-corrected chi connectivity index (χ3v) is 6.63. The van der Waals surface area contributed by atoms with E-state index >= 15 is 0 Å². The normalized spacial score (nSPS) is 11.4. The van der Waals surface area contributed by atoms with Gasteiger partial charge in [-0.25, -0.2) is 0 Å². The molecule has 0 bridgehead atoms. The predicted octanol–water partition coefficient (Wildman–Crippen LogP) is 8.01. The summed E-state index contributed by atoms with van der Waals surface area (Å²) in [6.45, 7) is 12.1. The van der Waals surface area contributed by atoms with Crippen LogP contribution in [0, 0.1) is 18.8 Å². The summed E-state index contributed by atoms with van der Waals surface area (Å²) >= 11 is 0. The van der Waals surface area contributed by atoms with Gasteiger partial charge < -0.3 is 0 Å². The number of aryl methyl sites for hydroxylation is 3. The predicted molar refractivity (Wildman–Crippen MR) is 153 cm³/mol. The number of aromatic nitrogens is 3. The molecule has 0 aliphatic rings. The highest BCUT2D eigenvalue weighted by molar-refractivity contribution is 6.11. The van der Waals surface area contributed by atoms with Gasteiger partial charge in [0.2, 0.25) is 0 Å². The molecule has 1 unspecified atom stereocenters. The molecule has 0 saturated heterocycles. The average molecular weight is 472 g/mol. The highest BCUT2D eigenvalue weighted by Crippen LogP contribution is 2.34. The molecule has 3 aromatic carbocycles. The lowest BCUT2D eigenvalue weighted by Crippen LogP contribution is -1.92. The Morgan fingerprint density at radius 2 is 1.78 bits per heavy atom. The van der Waals surface area contributed by atoms with Crippen LogP contribution in [0.4, 0.5) is 0 Å². The Bertz CT molecular complexity index is 1560. The van der Waals surface area contributed by atoms with Gasteiger partial charge in [-0.15, -0.1) is 12.5 Å². The number of hydrogen-bond acceptors (Lipinski definition) is 2. The van der Waals surface area contributed by atoms with Gasteiger partial charge in [0.15, 0.2) is 0 Å². The molecular weight excluding hydrogens is 438 g/mol. The molecule has 2 aromatic heterocycles. The van der Waals surface area contributed by atoms with Crippen molar-refractivity contribution >= 4 is 21.8 Å². The standard InChI is InChI=1S/C23H21N3.C10H12/c1-5-7-16-8-10-18(11-9-16)23-22-19-12-15(3)17(6-2)13-20(19)24-14-21(22)26(4)25-23;1-3-9(2)10-7-5-4-6-8-10/h8-14H,6H2,1-4H3;3-9H,1H2,2H3. The van der Waals surface area contributed by atoms with Crippen LogP contribution in [-0.4, -0.2) is 14.8 Å². The van der Waals surface area contributed by atoms with E-state index in [0.717, 1.165) is 45.0 Å². The van der Waals surface area contributed by atoms with Gasteiger partial charge in [0.1, 0.15) is 5.69 Å². The smallest absolute Gasteiger partial charge is 0.101 e. The SMILES string of the molecule is C=CC(C)c1ccccc1.CC#Cc1ccc(-c2nn(C)c3cnc4cc(CC)c(C)cc4c23)cc1. The van der Waals surface area contributed by atoms with Crippen LogP contribution in [0.2, 0.25) is 0 Å². The number of allylic oxidation sites excluding steroid dienone is 1. The Balaban J connectivity index is 0.000000256. The van der Waals surface area contributed by atoms with Gasteiger partial charge in [0.25, 0.3) is 0 Å². The first-order valence-corrected chi connectivity index (χ1v) is 12.4. The van der Waals surface area contributed by atoms with Gasteiger partial charge >= 0.3 is 0 Å². The van der Waals surface area contributed by atoms with Crippen molar-refractivity contribution in [2.75, 3.05) is 0 Å².